The van der Waals surface area contributed by atoms with Crippen molar-refractivity contribution < 1.29 is 0 Å². The van der Waals surface area contributed by atoms with Gasteiger partial charge in [0, 0.05) is 31.1 Å². The molecule has 4 heteroatoms. The Labute approximate surface area is 122 Å². The molecule has 1 N–H and O–H groups in total. The van der Waals surface area contributed by atoms with E-state index in [1.54, 1.807) is 0 Å². The van der Waals surface area contributed by atoms with Gasteiger partial charge in [-0.1, -0.05) is 13.8 Å². The molecule has 2 aliphatic carbocycles. The highest BCUT2D eigenvalue weighted by atomic mass is 15.2. The number of hydrogen-bond acceptors (Lipinski definition) is 4. The van der Waals surface area contributed by atoms with Crippen molar-refractivity contribution in [2.75, 3.05) is 23.3 Å². The maximum Gasteiger partial charge on any atom is 0.136 e. The Bertz CT molecular complexity index is 464. The van der Waals surface area contributed by atoms with Crippen molar-refractivity contribution >= 4 is 11.6 Å². The van der Waals surface area contributed by atoms with Crippen LogP contribution in [0.25, 0.3) is 0 Å². The molecule has 0 radical (unpaired) electrons. The molecule has 4 nitrogen and oxygen atoms in total. The third-order valence-electron chi connectivity index (χ3n) is 3.87. The molecule has 0 bridgehead atoms. The number of hydrogen-bond donors (Lipinski definition) is 1. The number of nitrogens with zero attached hydrogens (tertiary/aromatic N) is 3. The van der Waals surface area contributed by atoms with E-state index >= 15 is 0 Å². The molecular formula is C16H26N4. The molecule has 0 atom stereocenters. The molecule has 1 heterocycles. The van der Waals surface area contributed by atoms with Crippen LogP contribution in [0.15, 0.2) is 6.07 Å². The van der Waals surface area contributed by atoms with Crippen LogP contribution in [0.4, 0.5) is 11.6 Å². The van der Waals surface area contributed by atoms with E-state index in [2.05, 4.69) is 42.0 Å². The van der Waals surface area contributed by atoms with Gasteiger partial charge in [0.25, 0.3) is 0 Å². The molecule has 0 aliphatic heterocycles. The highest BCUT2D eigenvalue weighted by Gasteiger charge is 2.32. The van der Waals surface area contributed by atoms with Crippen molar-refractivity contribution in [1.29, 1.82) is 0 Å². The van der Waals surface area contributed by atoms with Crippen LogP contribution in [-0.4, -0.2) is 29.1 Å². The minimum atomic E-state index is 0.604. The maximum atomic E-state index is 4.87. The fraction of sp³-hybridized carbons (Fsp3) is 0.750. The first kappa shape index (κ1) is 13.7. The average molecular weight is 274 g/mol. The summed E-state index contributed by atoms with van der Waals surface area (Å²) in [5, 5.41) is 3.36. The van der Waals surface area contributed by atoms with E-state index in [1.165, 1.54) is 25.7 Å². The van der Waals surface area contributed by atoms with Gasteiger partial charge < -0.3 is 10.2 Å². The normalized spacial score (nSPS) is 18.4. The van der Waals surface area contributed by atoms with Gasteiger partial charge in [0.05, 0.1) is 0 Å². The summed E-state index contributed by atoms with van der Waals surface area (Å²) in [5.74, 6) is 4.45. The summed E-state index contributed by atoms with van der Waals surface area (Å²) in [5.41, 5.74) is 0. The molecule has 0 aromatic carbocycles. The Balaban J connectivity index is 1.88. The van der Waals surface area contributed by atoms with Gasteiger partial charge in [-0.2, -0.15) is 0 Å². The lowest BCUT2D eigenvalue weighted by Crippen LogP contribution is -2.31. The molecule has 2 fully saturated rings. The van der Waals surface area contributed by atoms with E-state index < -0.39 is 0 Å². The van der Waals surface area contributed by atoms with Crippen LogP contribution in [0.2, 0.25) is 0 Å². The lowest BCUT2D eigenvalue weighted by molar-refractivity contribution is 0.601. The lowest BCUT2D eigenvalue weighted by atomic mass is 10.2. The predicted octanol–water partition coefficient (Wildman–Crippen LogP) is 3.41. The molecule has 0 spiro atoms. The van der Waals surface area contributed by atoms with E-state index in [9.17, 15) is 0 Å². The minimum absolute atomic E-state index is 0.604. The van der Waals surface area contributed by atoms with E-state index in [0.717, 1.165) is 30.5 Å². The predicted molar refractivity (Wildman–Crippen MR) is 83.4 cm³/mol. The van der Waals surface area contributed by atoms with E-state index in [0.29, 0.717) is 17.9 Å². The average Bonchev–Trinajstić information content (AvgIpc) is 3.29. The Morgan fingerprint density at radius 3 is 2.55 bits per heavy atom. The van der Waals surface area contributed by atoms with Crippen molar-refractivity contribution in [3.63, 3.8) is 0 Å². The zero-order valence-corrected chi connectivity index (χ0v) is 12.9. The second-order valence-electron chi connectivity index (χ2n) is 6.55. The van der Waals surface area contributed by atoms with Crippen molar-refractivity contribution in [2.24, 2.45) is 5.92 Å². The van der Waals surface area contributed by atoms with Gasteiger partial charge in [-0.25, -0.2) is 9.97 Å². The van der Waals surface area contributed by atoms with E-state index in [4.69, 9.17) is 4.98 Å². The fourth-order valence-electron chi connectivity index (χ4n) is 2.60. The van der Waals surface area contributed by atoms with Gasteiger partial charge in [-0.3, -0.25) is 0 Å². The number of aromatic nitrogens is 2. The van der Waals surface area contributed by atoms with Gasteiger partial charge >= 0.3 is 0 Å². The monoisotopic (exact) mass is 274 g/mol. The summed E-state index contributed by atoms with van der Waals surface area (Å²) >= 11 is 0. The number of anilines is 2. The van der Waals surface area contributed by atoms with Crippen molar-refractivity contribution in [2.45, 2.75) is 58.4 Å². The zero-order chi connectivity index (χ0) is 14.1. The van der Waals surface area contributed by atoms with Crippen LogP contribution in [0, 0.1) is 5.92 Å². The smallest absolute Gasteiger partial charge is 0.136 e. The van der Waals surface area contributed by atoms with Gasteiger partial charge in [0.1, 0.15) is 17.5 Å². The van der Waals surface area contributed by atoms with Crippen LogP contribution in [-0.2, 0) is 0 Å². The molecule has 3 rings (SSSR count). The molecule has 1 aromatic rings. The molecule has 0 amide bonds. The topological polar surface area (TPSA) is 41.0 Å². The van der Waals surface area contributed by atoms with Crippen molar-refractivity contribution in [1.82, 2.24) is 9.97 Å². The Morgan fingerprint density at radius 2 is 2.00 bits per heavy atom. The first-order valence-corrected chi connectivity index (χ1v) is 8.07. The number of rotatable bonds is 7. The van der Waals surface area contributed by atoms with E-state index in [-0.39, 0.29) is 0 Å². The summed E-state index contributed by atoms with van der Waals surface area (Å²) in [6.45, 7) is 8.68. The van der Waals surface area contributed by atoms with Crippen molar-refractivity contribution in [3.8, 4) is 0 Å². The molecule has 20 heavy (non-hydrogen) atoms. The second-order valence-corrected chi connectivity index (χ2v) is 6.55. The molecule has 0 unspecified atom stereocenters. The second kappa shape index (κ2) is 5.58. The number of nitrogens with one attached hydrogen (secondary N) is 1. The molecule has 0 saturated heterocycles. The summed E-state index contributed by atoms with van der Waals surface area (Å²) in [7, 11) is 0. The third-order valence-corrected chi connectivity index (χ3v) is 3.87. The zero-order valence-electron chi connectivity index (χ0n) is 12.9. The molecular weight excluding hydrogens is 248 g/mol. The van der Waals surface area contributed by atoms with Crippen molar-refractivity contribution in [3.05, 3.63) is 11.9 Å². The lowest BCUT2D eigenvalue weighted by Gasteiger charge is -2.26. The molecule has 1 aromatic heterocycles. The minimum Gasteiger partial charge on any atom is -0.370 e. The van der Waals surface area contributed by atoms with Crippen LogP contribution in [0.1, 0.15) is 58.2 Å². The van der Waals surface area contributed by atoms with Crippen LogP contribution < -0.4 is 10.2 Å². The standard InChI is InChI=1S/C16H26N4/c1-4-17-14-9-15(19-16(18-14)12-5-6-12)20(10-11(2)3)13-7-8-13/h9,11-13H,4-8,10H2,1-3H3,(H,17,18,19). The molecule has 2 saturated carbocycles. The van der Waals surface area contributed by atoms with Gasteiger partial charge in [-0.05, 0) is 38.5 Å². The van der Waals surface area contributed by atoms with Crippen LogP contribution in [0.3, 0.4) is 0 Å². The summed E-state index contributed by atoms with van der Waals surface area (Å²) < 4.78 is 0. The molecule has 2 aliphatic rings. The molecule has 110 valence electrons. The van der Waals surface area contributed by atoms with E-state index in [1.807, 2.05) is 0 Å². The van der Waals surface area contributed by atoms with Crippen LogP contribution in [0.5, 0.6) is 0 Å². The highest BCUT2D eigenvalue weighted by molar-refractivity contribution is 5.51. The quantitative estimate of drug-likeness (QED) is 0.827. The van der Waals surface area contributed by atoms with Gasteiger partial charge in [-0.15, -0.1) is 0 Å². The Hall–Kier alpha value is -1.32. The summed E-state index contributed by atoms with van der Waals surface area (Å²) in [4.78, 5) is 12.0. The largest absolute Gasteiger partial charge is 0.370 e. The maximum absolute atomic E-state index is 4.87. The third kappa shape index (κ3) is 3.22. The Kier molecular flexibility index (Phi) is 3.81. The Morgan fingerprint density at radius 1 is 1.25 bits per heavy atom. The summed E-state index contributed by atoms with van der Waals surface area (Å²) in [6, 6.07) is 2.84. The highest BCUT2D eigenvalue weighted by Crippen LogP contribution is 2.40. The van der Waals surface area contributed by atoms with Crippen LogP contribution >= 0.6 is 0 Å². The van der Waals surface area contributed by atoms with Gasteiger partial charge in [0.2, 0.25) is 0 Å². The van der Waals surface area contributed by atoms with Gasteiger partial charge in [0.15, 0.2) is 0 Å². The first-order valence-electron chi connectivity index (χ1n) is 8.07. The fourth-order valence-corrected chi connectivity index (χ4v) is 2.60. The summed E-state index contributed by atoms with van der Waals surface area (Å²) in [6.07, 6.45) is 5.13. The first-order chi connectivity index (χ1) is 9.67. The SMILES string of the molecule is CCNc1cc(N(CC(C)C)C2CC2)nc(C2CC2)n1.